The van der Waals surface area contributed by atoms with E-state index in [1.165, 1.54) is 5.56 Å². The molecule has 0 aliphatic heterocycles. The third-order valence-corrected chi connectivity index (χ3v) is 4.91. The molecule has 1 aliphatic rings. The minimum Gasteiger partial charge on any atom is -0.352 e. The highest BCUT2D eigenvalue weighted by atomic mass is 16.1. The van der Waals surface area contributed by atoms with Gasteiger partial charge in [0.2, 0.25) is 0 Å². The first kappa shape index (κ1) is 16.5. The fraction of sp³-hybridized carbons (Fsp3) is 0.182. The van der Waals surface area contributed by atoms with Crippen molar-refractivity contribution in [2.24, 2.45) is 0 Å². The zero-order valence-corrected chi connectivity index (χ0v) is 14.8. The van der Waals surface area contributed by atoms with Crippen molar-refractivity contribution in [3.63, 3.8) is 0 Å². The molecule has 0 radical (unpaired) electrons. The van der Waals surface area contributed by atoms with Crippen LogP contribution in [0.15, 0.2) is 71.7 Å². The minimum atomic E-state index is -0.0978. The molecule has 0 bridgehead atoms. The zero-order chi connectivity index (χ0) is 18.1. The van der Waals surface area contributed by atoms with Crippen LogP contribution in [0.1, 0.15) is 36.4 Å². The molecule has 2 aromatic heterocycles. The Kier molecular flexibility index (Phi) is 4.27. The van der Waals surface area contributed by atoms with Gasteiger partial charge in [0.15, 0.2) is 0 Å². The molecule has 2 unspecified atom stereocenters. The molecule has 3 aromatic rings. The Bertz CT molecular complexity index is 1060. The lowest BCUT2D eigenvalue weighted by atomic mass is 9.88. The fourth-order valence-corrected chi connectivity index (χ4v) is 3.42. The normalized spacial score (nSPS) is 17.5. The molecule has 1 aliphatic carbocycles. The molecule has 1 aromatic carbocycles. The molecule has 0 spiro atoms. The van der Waals surface area contributed by atoms with E-state index < -0.39 is 0 Å². The maximum atomic E-state index is 12.2. The molecule has 4 heteroatoms. The van der Waals surface area contributed by atoms with Gasteiger partial charge < -0.3 is 10.7 Å². The van der Waals surface area contributed by atoms with Gasteiger partial charge in [-0.3, -0.25) is 4.79 Å². The van der Waals surface area contributed by atoms with Crippen LogP contribution in [0.4, 0.5) is 0 Å². The van der Waals surface area contributed by atoms with Gasteiger partial charge in [0.1, 0.15) is 6.04 Å². The van der Waals surface area contributed by atoms with Crippen LogP contribution >= 0.6 is 0 Å². The lowest BCUT2D eigenvalue weighted by Crippen LogP contribution is -2.51. The highest BCUT2D eigenvalue weighted by Crippen LogP contribution is 2.34. The molecule has 0 amide bonds. The van der Waals surface area contributed by atoms with Crippen LogP contribution in [0.2, 0.25) is 0 Å². The molecular formula is C22H22N3O+. The summed E-state index contributed by atoms with van der Waals surface area (Å²) in [7, 11) is 0. The van der Waals surface area contributed by atoms with Crippen LogP contribution in [0.25, 0.3) is 22.2 Å². The van der Waals surface area contributed by atoms with Crippen LogP contribution in [0.5, 0.6) is 0 Å². The van der Waals surface area contributed by atoms with E-state index in [0.29, 0.717) is 5.39 Å². The highest BCUT2D eigenvalue weighted by Gasteiger charge is 2.18. The van der Waals surface area contributed by atoms with Crippen molar-refractivity contribution in [3.05, 3.63) is 88.4 Å². The topological polar surface area (TPSA) is 73.4 Å². The average Bonchev–Trinajstić information content (AvgIpc) is 2.68. The Morgan fingerprint density at radius 3 is 2.69 bits per heavy atom. The lowest BCUT2D eigenvalue weighted by molar-refractivity contribution is -0.420. The highest BCUT2D eigenvalue weighted by molar-refractivity contribution is 5.83. The molecule has 4 nitrogen and oxygen atoms in total. The van der Waals surface area contributed by atoms with Gasteiger partial charge in [0.05, 0.1) is 16.6 Å². The molecule has 26 heavy (non-hydrogen) atoms. The Balaban J connectivity index is 1.92. The van der Waals surface area contributed by atoms with Crippen molar-refractivity contribution >= 4 is 10.9 Å². The van der Waals surface area contributed by atoms with Gasteiger partial charge in [-0.1, -0.05) is 48.6 Å². The van der Waals surface area contributed by atoms with Gasteiger partial charge in [-0.2, -0.15) is 0 Å². The fourth-order valence-electron chi connectivity index (χ4n) is 3.42. The number of hydrogen-bond acceptors (Lipinski definition) is 2. The largest absolute Gasteiger partial charge is 0.352 e. The summed E-state index contributed by atoms with van der Waals surface area (Å²) in [6.45, 7) is 2.08. The molecule has 4 rings (SSSR count). The van der Waals surface area contributed by atoms with Gasteiger partial charge in [0, 0.05) is 23.2 Å². The van der Waals surface area contributed by atoms with Crippen molar-refractivity contribution in [2.45, 2.75) is 25.3 Å². The van der Waals surface area contributed by atoms with E-state index in [-0.39, 0.29) is 17.5 Å². The number of benzene rings is 1. The molecule has 0 fully saturated rings. The Morgan fingerprint density at radius 1 is 1.19 bits per heavy atom. The van der Waals surface area contributed by atoms with Gasteiger partial charge in [-0.15, -0.1) is 0 Å². The van der Waals surface area contributed by atoms with Crippen LogP contribution in [0, 0.1) is 0 Å². The van der Waals surface area contributed by atoms with E-state index in [1.807, 2.05) is 12.1 Å². The van der Waals surface area contributed by atoms with Gasteiger partial charge in [-0.25, -0.2) is 4.98 Å². The molecule has 130 valence electrons. The number of fused-ring (bicyclic) bond motifs is 1. The number of allylic oxidation sites excluding steroid dienone is 4. The van der Waals surface area contributed by atoms with Crippen LogP contribution in [-0.4, -0.2) is 9.97 Å². The minimum absolute atomic E-state index is 0.0978. The SMILES string of the molecule is CC([NH3+])c1ccc(-c2nc3cc[nH]c(=O)c3cc2C2C=CC=CC2)cc1. The van der Waals surface area contributed by atoms with Crippen LogP contribution < -0.4 is 11.3 Å². The van der Waals surface area contributed by atoms with E-state index >= 15 is 0 Å². The van der Waals surface area contributed by atoms with Crippen LogP contribution in [-0.2, 0) is 0 Å². The maximum Gasteiger partial charge on any atom is 0.257 e. The third kappa shape index (κ3) is 3.00. The summed E-state index contributed by atoms with van der Waals surface area (Å²) < 4.78 is 0. The van der Waals surface area contributed by atoms with Gasteiger partial charge in [0.25, 0.3) is 5.56 Å². The number of H-pyrrole nitrogens is 1. The van der Waals surface area contributed by atoms with Crippen molar-refractivity contribution in [1.29, 1.82) is 0 Å². The zero-order valence-electron chi connectivity index (χ0n) is 14.8. The molecule has 4 N–H and O–H groups in total. The van der Waals surface area contributed by atoms with Crippen molar-refractivity contribution in [2.75, 3.05) is 0 Å². The maximum absolute atomic E-state index is 12.2. The number of quaternary nitrogens is 1. The molecule has 2 heterocycles. The number of aromatic nitrogens is 2. The number of rotatable bonds is 3. The van der Waals surface area contributed by atoms with E-state index in [0.717, 1.165) is 28.8 Å². The van der Waals surface area contributed by atoms with E-state index in [4.69, 9.17) is 4.98 Å². The third-order valence-electron chi connectivity index (χ3n) is 4.91. The summed E-state index contributed by atoms with van der Waals surface area (Å²) in [5.74, 6) is 0.220. The number of nitrogens with one attached hydrogen (secondary N) is 1. The lowest BCUT2D eigenvalue weighted by Gasteiger charge is -2.18. The van der Waals surface area contributed by atoms with Crippen molar-refractivity contribution in [1.82, 2.24) is 9.97 Å². The second kappa shape index (κ2) is 6.73. The number of nitrogens with zero attached hydrogens (tertiary/aromatic N) is 1. The van der Waals surface area contributed by atoms with E-state index in [2.05, 4.69) is 66.2 Å². The first-order chi connectivity index (χ1) is 12.6. The number of pyridine rings is 2. The predicted molar refractivity (Wildman–Crippen MR) is 105 cm³/mol. The average molecular weight is 344 g/mol. The van der Waals surface area contributed by atoms with E-state index in [9.17, 15) is 4.79 Å². The van der Waals surface area contributed by atoms with Crippen molar-refractivity contribution < 1.29 is 5.73 Å². The van der Waals surface area contributed by atoms with Crippen molar-refractivity contribution in [3.8, 4) is 11.3 Å². The predicted octanol–water partition coefficient (Wildman–Crippen LogP) is 3.49. The first-order valence-corrected chi connectivity index (χ1v) is 8.92. The second-order valence-corrected chi connectivity index (χ2v) is 6.84. The van der Waals surface area contributed by atoms with E-state index in [1.54, 1.807) is 6.20 Å². The number of aromatic amines is 1. The summed E-state index contributed by atoms with van der Waals surface area (Å²) in [6, 6.07) is 12.5. The molecular weight excluding hydrogens is 322 g/mol. The number of hydrogen-bond donors (Lipinski definition) is 2. The summed E-state index contributed by atoms with van der Waals surface area (Å²) >= 11 is 0. The Hall–Kier alpha value is -2.98. The smallest absolute Gasteiger partial charge is 0.257 e. The molecule has 0 saturated carbocycles. The Morgan fingerprint density at radius 2 is 2.00 bits per heavy atom. The Labute approximate surface area is 152 Å². The summed E-state index contributed by atoms with van der Waals surface area (Å²) in [5, 5.41) is 0.636. The quantitative estimate of drug-likeness (QED) is 0.763. The van der Waals surface area contributed by atoms with Gasteiger partial charge >= 0.3 is 0 Å². The summed E-state index contributed by atoms with van der Waals surface area (Å²) in [4.78, 5) is 19.9. The van der Waals surface area contributed by atoms with Crippen LogP contribution in [0.3, 0.4) is 0 Å². The first-order valence-electron chi connectivity index (χ1n) is 8.92. The summed E-state index contributed by atoms with van der Waals surface area (Å²) in [5.41, 5.74) is 9.00. The summed E-state index contributed by atoms with van der Waals surface area (Å²) in [6.07, 6.45) is 11.0. The molecule has 0 saturated heterocycles. The van der Waals surface area contributed by atoms with Gasteiger partial charge in [-0.05, 0) is 31.0 Å². The standard InChI is InChI=1S/C22H21N3O/c1-14(23)15-7-9-17(10-8-15)21-18(16-5-3-2-4-6-16)13-19-20(25-21)11-12-24-22(19)26/h2-5,7-14,16H,6,23H2,1H3,(H,24,26)/p+1. The monoisotopic (exact) mass is 344 g/mol. The second-order valence-electron chi connectivity index (χ2n) is 6.84. The molecule has 2 atom stereocenters.